The van der Waals surface area contributed by atoms with Crippen LogP contribution in [0, 0.1) is 5.82 Å². The monoisotopic (exact) mass is 393 g/mol. The predicted octanol–water partition coefficient (Wildman–Crippen LogP) is 4.91. The summed E-state index contributed by atoms with van der Waals surface area (Å²) in [5.74, 6) is 0.0794. The van der Waals surface area contributed by atoms with Gasteiger partial charge in [-0.2, -0.15) is 0 Å². The van der Waals surface area contributed by atoms with Crippen molar-refractivity contribution >= 4 is 17.3 Å². The average molecular weight is 393 g/mol. The molecule has 150 valence electrons. The minimum absolute atomic E-state index is 0.00597. The Kier molecular flexibility index (Phi) is 6.79. The molecule has 0 fully saturated rings. The second-order valence-electron chi connectivity index (χ2n) is 6.85. The fourth-order valence-electron chi connectivity index (χ4n) is 2.75. The Morgan fingerprint density at radius 1 is 1.07 bits per heavy atom. The molecule has 3 aromatic rings. The summed E-state index contributed by atoms with van der Waals surface area (Å²) >= 11 is 0. The van der Waals surface area contributed by atoms with Gasteiger partial charge in [-0.05, 0) is 62.2 Å². The van der Waals surface area contributed by atoms with Crippen LogP contribution >= 0.6 is 0 Å². The van der Waals surface area contributed by atoms with E-state index in [1.807, 2.05) is 38.1 Å². The molecule has 0 saturated heterocycles. The normalized spacial score (nSPS) is 10.6. The van der Waals surface area contributed by atoms with Crippen LogP contribution in [0.5, 0.6) is 5.75 Å². The van der Waals surface area contributed by atoms with Gasteiger partial charge in [0.2, 0.25) is 0 Å². The maximum absolute atomic E-state index is 12.9. The van der Waals surface area contributed by atoms with E-state index in [2.05, 4.69) is 15.6 Å². The van der Waals surface area contributed by atoms with Crippen LogP contribution in [0.15, 0.2) is 66.9 Å². The second kappa shape index (κ2) is 9.68. The highest BCUT2D eigenvalue weighted by molar-refractivity contribution is 6.03. The molecule has 3 rings (SSSR count). The van der Waals surface area contributed by atoms with Crippen molar-refractivity contribution in [2.75, 3.05) is 17.2 Å². The summed E-state index contributed by atoms with van der Waals surface area (Å²) in [5, 5.41) is 6.09. The molecule has 1 aromatic heterocycles. The zero-order chi connectivity index (χ0) is 20.6. The molecule has 6 heteroatoms. The molecular formula is C23H24FN3O2. The Hall–Kier alpha value is -3.41. The number of nitrogens with one attached hydrogen (secondary N) is 2. The molecule has 0 spiro atoms. The van der Waals surface area contributed by atoms with Crippen LogP contribution < -0.4 is 15.4 Å². The Bertz CT molecular complexity index is 941. The number of benzene rings is 2. The molecule has 0 unspecified atom stereocenters. The van der Waals surface area contributed by atoms with Crippen molar-refractivity contribution in [3.63, 3.8) is 0 Å². The second-order valence-corrected chi connectivity index (χ2v) is 6.85. The highest BCUT2D eigenvalue weighted by Gasteiger charge is 2.11. The van der Waals surface area contributed by atoms with E-state index in [1.165, 1.54) is 12.1 Å². The first-order valence-electron chi connectivity index (χ1n) is 9.52. The van der Waals surface area contributed by atoms with Gasteiger partial charge in [0.25, 0.3) is 5.91 Å². The van der Waals surface area contributed by atoms with Gasteiger partial charge in [-0.3, -0.25) is 4.79 Å². The van der Waals surface area contributed by atoms with Crippen molar-refractivity contribution in [2.45, 2.75) is 26.4 Å². The first-order chi connectivity index (χ1) is 14.0. The quantitative estimate of drug-likeness (QED) is 0.570. The molecule has 29 heavy (non-hydrogen) atoms. The number of para-hydroxylation sites is 2. The van der Waals surface area contributed by atoms with Crippen molar-refractivity contribution in [1.29, 1.82) is 0 Å². The lowest BCUT2D eigenvalue weighted by Gasteiger charge is -2.14. The first kappa shape index (κ1) is 20.3. The van der Waals surface area contributed by atoms with E-state index in [9.17, 15) is 9.18 Å². The minimum Gasteiger partial charge on any atom is -0.489 e. The van der Waals surface area contributed by atoms with Crippen LogP contribution in [0.2, 0.25) is 0 Å². The van der Waals surface area contributed by atoms with E-state index in [-0.39, 0.29) is 17.8 Å². The van der Waals surface area contributed by atoms with Gasteiger partial charge in [-0.25, -0.2) is 9.37 Å². The molecule has 0 radical (unpaired) electrons. The Labute approximate surface area is 169 Å². The van der Waals surface area contributed by atoms with E-state index in [4.69, 9.17) is 4.74 Å². The molecule has 2 N–H and O–H groups in total. The van der Waals surface area contributed by atoms with Gasteiger partial charge in [0.15, 0.2) is 0 Å². The average Bonchev–Trinajstić information content (AvgIpc) is 2.71. The maximum Gasteiger partial charge on any atom is 0.274 e. The van der Waals surface area contributed by atoms with Gasteiger partial charge in [0, 0.05) is 6.54 Å². The maximum atomic E-state index is 12.9. The van der Waals surface area contributed by atoms with Gasteiger partial charge in [0.05, 0.1) is 23.7 Å². The highest BCUT2D eigenvalue weighted by Crippen LogP contribution is 2.25. The van der Waals surface area contributed by atoms with Crippen LogP contribution in [0.4, 0.5) is 15.8 Å². The van der Waals surface area contributed by atoms with Gasteiger partial charge in [0.1, 0.15) is 17.3 Å². The summed E-state index contributed by atoms with van der Waals surface area (Å²) in [6, 6.07) is 17.2. The molecule has 0 bridgehead atoms. The number of rotatable bonds is 8. The number of aromatic nitrogens is 1. The molecule has 0 aliphatic heterocycles. The lowest BCUT2D eigenvalue weighted by atomic mass is 10.1. The van der Waals surface area contributed by atoms with Crippen LogP contribution in [-0.2, 0) is 6.42 Å². The lowest BCUT2D eigenvalue weighted by molar-refractivity contribution is 0.102. The zero-order valence-corrected chi connectivity index (χ0v) is 16.5. The molecule has 5 nitrogen and oxygen atoms in total. The smallest absolute Gasteiger partial charge is 0.274 e. The number of carbonyl (C=O) groups excluding carboxylic acids is 1. The van der Waals surface area contributed by atoms with E-state index in [0.717, 1.165) is 17.7 Å². The van der Waals surface area contributed by atoms with Gasteiger partial charge < -0.3 is 15.4 Å². The largest absolute Gasteiger partial charge is 0.489 e. The Morgan fingerprint density at radius 3 is 2.52 bits per heavy atom. The Balaban J connectivity index is 1.55. The number of carbonyl (C=O) groups is 1. The summed E-state index contributed by atoms with van der Waals surface area (Å²) in [4.78, 5) is 16.7. The van der Waals surface area contributed by atoms with Crippen molar-refractivity contribution in [1.82, 2.24) is 4.98 Å². The first-order valence-corrected chi connectivity index (χ1v) is 9.52. The number of hydrogen-bond donors (Lipinski definition) is 2. The highest BCUT2D eigenvalue weighted by atomic mass is 19.1. The van der Waals surface area contributed by atoms with Gasteiger partial charge in [-0.15, -0.1) is 0 Å². The molecular weight excluding hydrogens is 369 g/mol. The summed E-state index contributed by atoms with van der Waals surface area (Å²) < 4.78 is 18.7. The number of halogens is 1. The number of ether oxygens (including phenoxy) is 1. The van der Waals surface area contributed by atoms with Crippen LogP contribution in [0.3, 0.4) is 0 Å². The molecule has 1 amide bonds. The zero-order valence-electron chi connectivity index (χ0n) is 16.5. The summed E-state index contributed by atoms with van der Waals surface area (Å²) in [7, 11) is 0. The third kappa shape index (κ3) is 6.04. The van der Waals surface area contributed by atoms with Gasteiger partial charge in [-0.1, -0.05) is 24.3 Å². The van der Waals surface area contributed by atoms with Gasteiger partial charge >= 0.3 is 0 Å². The van der Waals surface area contributed by atoms with E-state index in [0.29, 0.717) is 23.7 Å². The number of nitrogens with zero attached hydrogens (tertiary/aromatic N) is 1. The van der Waals surface area contributed by atoms with E-state index >= 15 is 0 Å². The molecule has 0 atom stereocenters. The number of pyridine rings is 1. The third-order valence-corrected chi connectivity index (χ3v) is 4.15. The molecule has 1 heterocycles. The van der Waals surface area contributed by atoms with E-state index < -0.39 is 0 Å². The predicted molar refractivity (Wildman–Crippen MR) is 113 cm³/mol. The Morgan fingerprint density at radius 2 is 1.83 bits per heavy atom. The molecule has 2 aromatic carbocycles. The lowest BCUT2D eigenvalue weighted by Crippen LogP contribution is -2.16. The van der Waals surface area contributed by atoms with Crippen molar-refractivity contribution in [3.8, 4) is 5.75 Å². The molecule has 0 saturated carbocycles. The number of amides is 1. The minimum atomic E-state index is -0.303. The van der Waals surface area contributed by atoms with Crippen LogP contribution in [-0.4, -0.2) is 23.5 Å². The van der Waals surface area contributed by atoms with Crippen molar-refractivity contribution in [3.05, 3.63) is 83.9 Å². The molecule has 0 aliphatic carbocycles. The fraction of sp³-hybridized carbons (Fsp3) is 0.217. The van der Waals surface area contributed by atoms with Crippen LogP contribution in [0.25, 0.3) is 0 Å². The molecule has 0 aliphatic rings. The summed E-state index contributed by atoms with van der Waals surface area (Å²) in [6.07, 6.45) is 2.39. The fourth-order valence-corrected chi connectivity index (χ4v) is 2.75. The summed E-state index contributed by atoms with van der Waals surface area (Å²) in [6.45, 7) is 4.54. The standard InChI is InChI=1S/C23H24FN3O2/c1-16(2)29-22-6-4-3-5-20(22)27-23(28)21-12-11-19(15-26-21)25-14-13-17-7-9-18(24)10-8-17/h3-12,15-16,25H,13-14H2,1-2H3,(H,27,28). The third-order valence-electron chi connectivity index (χ3n) is 4.15. The van der Waals surface area contributed by atoms with Crippen LogP contribution in [0.1, 0.15) is 29.9 Å². The van der Waals surface area contributed by atoms with E-state index in [1.54, 1.807) is 30.5 Å². The number of anilines is 2. The number of hydrogen-bond acceptors (Lipinski definition) is 4. The summed E-state index contributed by atoms with van der Waals surface area (Å²) in [5.41, 5.74) is 2.78. The van der Waals surface area contributed by atoms with Crippen molar-refractivity contribution in [2.24, 2.45) is 0 Å². The topological polar surface area (TPSA) is 63.2 Å². The van der Waals surface area contributed by atoms with Crippen molar-refractivity contribution < 1.29 is 13.9 Å². The SMILES string of the molecule is CC(C)Oc1ccccc1NC(=O)c1ccc(NCCc2ccc(F)cc2)cn1.